The minimum absolute atomic E-state index is 0.190. The van der Waals surface area contributed by atoms with Crippen molar-refractivity contribution >= 4 is 46.7 Å². The van der Waals surface area contributed by atoms with Gasteiger partial charge in [0.05, 0.1) is 5.02 Å². The Balaban J connectivity index is 1.41. The second-order valence-corrected chi connectivity index (χ2v) is 7.76. The number of hydrogen-bond acceptors (Lipinski definition) is 3. The zero-order valence-corrected chi connectivity index (χ0v) is 18.2. The summed E-state index contributed by atoms with van der Waals surface area (Å²) < 4.78 is 5.77. The van der Waals surface area contributed by atoms with Gasteiger partial charge in [0.15, 0.2) is 5.78 Å². The predicted octanol–water partition coefficient (Wildman–Crippen LogP) is 7.40. The fourth-order valence-electron chi connectivity index (χ4n) is 3.04. The molecule has 0 saturated carbocycles. The third kappa shape index (κ3) is 5.17. The molecule has 0 unspecified atom stereocenters. The Kier molecular flexibility index (Phi) is 6.55. The fourth-order valence-corrected chi connectivity index (χ4v) is 3.42. The lowest BCUT2D eigenvalue weighted by Gasteiger charge is -2.05. The number of ketones is 1. The highest BCUT2D eigenvalue weighted by molar-refractivity contribution is 6.35. The van der Waals surface area contributed by atoms with Gasteiger partial charge in [0, 0.05) is 27.4 Å². The van der Waals surface area contributed by atoms with E-state index in [1.807, 2.05) is 6.07 Å². The number of nitrogens with one attached hydrogen (secondary N) is 1. The van der Waals surface area contributed by atoms with Crippen LogP contribution in [0.15, 0.2) is 95.4 Å². The van der Waals surface area contributed by atoms with Crippen LogP contribution in [0.25, 0.3) is 17.4 Å². The lowest BCUT2D eigenvalue weighted by molar-refractivity contribution is 0.102. The molecule has 1 heterocycles. The van der Waals surface area contributed by atoms with Gasteiger partial charge in [-0.2, -0.15) is 0 Å². The average Bonchev–Trinajstić information content (AvgIpc) is 3.29. The van der Waals surface area contributed by atoms with E-state index in [9.17, 15) is 9.59 Å². The van der Waals surface area contributed by atoms with Crippen LogP contribution in [0.5, 0.6) is 0 Å². The van der Waals surface area contributed by atoms with Crippen LogP contribution >= 0.6 is 23.2 Å². The molecule has 0 radical (unpaired) electrons. The number of hydrogen-bond donors (Lipinski definition) is 1. The zero-order chi connectivity index (χ0) is 22.5. The van der Waals surface area contributed by atoms with Gasteiger partial charge in [-0.3, -0.25) is 9.59 Å². The molecule has 0 fully saturated rings. The molecule has 4 rings (SSSR count). The Hall–Kier alpha value is -3.60. The molecule has 158 valence electrons. The van der Waals surface area contributed by atoms with Gasteiger partial charge in [-0.25, -0.2) is 0 Å². The Morgan fingerprint density at radius 1 is 0.812 bits per heavy atom. The summed E-state index contributed by atoms with van der Waals surface area (Å²) in [4.78, 5) is 24.7. The van der Waals surface area contributed by atoms with Crippen LogP contribution in [0.2, 0.25) is 10.0 Å². The van der Waals surface area contributed by atoms with E-state index >= 15 is 0 Å². The minimum atomic E-state index is -0.210. The van der Waals surface area contributed by atoms with Gasteiger partial charge in [-0.05, 0) is 78.9 Å². The Bertz CT molecular complexity index is 1290. The first-order valence-electron chi connectivity index (χ1n) is 9.74. The summed E-state index contributed by atoms with van der Waals surface area (Å²) in [7, 11) is 0. The number of anilines is 1. The van der Waals surface area contributed by atoms with Gasteiger partial charge < -0.3 is 9.73 Å². The first-order valence-corrected chi connectivity index (χ1v) is 10.5. The number of carbonyl (C=O) groups excluding carboxylic acids is 2. The van der Waals surface area contributed by atoms with Crippen LogP contribution < -0.4 is 5.32 Å². The van der Waals surface area contributed by atoms with Crippen molar-refractivity contribution in [2.45, 2.75) is 0 Å². The summed E-state index contributed by atoms with van der Waals surface area (Å²) in [6, 6.07) is 24.3. The molecule has 4 aromatic rings. The fraction of sp³-hybridized carbons (Fsp3) is 0. The van der Waals surface area contributed by atoms with Crippen LogP contribution in [0.4, 0.5) is 5.69 Å². The molecule has 1 amide bonds. The summed E-state index contributed by atoms with van der Waals surface area (Å²) in [6.45, 7) is 0. The molecular formula is C26H17Cl2NO3. The molecule has 32 heavy (non-hydrogen) atoms. The van der Waals surface area contributed by atoms with E-state index in [1.54, 1.807) is 84.9 Å². The van der Waals surface area contributed by atoms with Crippen LogP contribution in [0.3, 0.4) is 0 Å². The summed E-state index contributed by atoms with van der Waals surface area (Å²) in [5.41, 5.74) is 2.34. The number of amides is 1. The molecule has 1 N–H and O–H groups in total. The van der Waals surface area contributed by atoms with Crippen LogP contribution in [-0.4, -0.2) is 11.7 Å². The monoisotopic (exact) mass is 461 g/mol. The van der Waals surface area contributed by atoms with Gasteiger partial charge in [0.1, 0.15) is 11.5 Å². The second-order valence-electron chi connectivity index (χ2n) is 6.92. The minimum Gasteiger partial charge on any atom is -0.457 e. The summed E-state index contributed by atoms with van der Waals surface area (Å²) in [6.07, 6.45) is 3.02. The summed E-state index contributed by atoms with van der Waals surface area (Å²) in [5, 5.41) is 3.88. The second kappa shape index (κ2) is 9.69. The maximum atomic E-state index is 12.5. The highest BCUT2D eigenvalue weighted by Gasteiger charge is 2.10. The summed E-state index contributed by atoms with van der Waals surface area (Å²) >= 11 is 12.2. The smallest absolute Gasteiger partial charge is 0.255 e. The third-order valence-electron chi connectivity index (χ3n) is 4.68. The highest BCUT2D eigenvalue weighted by Crippen LogP contribution is 2.32. The topological polar surface area (TPSA) is 59.3 Å². The predicted molar refractivity (Wildman–Crippen MR) is 128 cm³/mol. The van der Waals surface area contributed by atoms with Crippen molar-refractivity contribution in [3.05, 3.63) is 118 Å². The van der Waals surface area contributed by atoms with Crippen molar-refractivity contribution in [2.75, 3.05) is 5.32 Å². The molecule has 0 saturated heterocycles. The number of halogens is 2. The van der Waals surface area contributed by atoms with E-state index in [2.05, 4.69) is 5.32 Å². The van der Waals surface area contributed by atoms with E-state index in [0.29, 0.717) is 43.9 Å². The van der Waals surface area contributed by atoms with E-state index in [1.165, 1.54) is 6.08 Å². The standard InChI is InChI=1S/C26H17Cl2NO3/c27-19-8-13-23(28)22(16-19)25-15-12-21(32-25)11-14-24(30)17-6-9-20(10-7-17)29-26(31)18-4-2-1-3-5-18/h1-16H,(H,29,31)/b14-11+. The van der Waals surface area contributed by atoms with Crippen molar-refractivity contribution < 1.29 is 14.0 Å². The van der Waals surface area contributed by atoms with Crippen molar-refractivity contribution in [2.24, 2.45) is 0 Å². The van der Waals surface area contributed by atoms with Gasteiger partial charge in [-0.1, -0.05) is 41.4 Å². The molecule has 0 aliphatic rings. The molecular weight excluding hydrogens is 445 g/mol. The Morgan fingerprint density at radius 3 is 2.31 bits per heavy atom. The van der Waals surface area contributed by atoms with Crippen molar-refractivity contribution in [1.82, 2.24) is 0 Å². The SMILES string of the molecule is O=C(/C=C/c1ccc(-c2cc(Cl)ccc2Cl)o1)c1ccc(NC(=O)c2ccccc2)cc1. The van der Waals surface area contributed by atoms with Crippen molar-refractivity contribution in [3.8, 4) is 11.3 Å². The quantitative estimate of drug-likeness (QED) is 0.240. The number of furan rings is 1. The van der Waals surface area contributed by atoms with E-state index in [0.717, 1.165) is 0 Å². The lowest BCUT2D eigenvalue weighted by Crippen LogP contribution is -2.11. The van der Waals surface area contributed by atoms with Gasteiger partial charge in [-0.15, -0.1) is 0 Å². The molecule has 1 aromatic heterocycles. The van der Waals surface area contributed by atoms with Gasteiger partial charge in [0.25, 0.3) is 5.91 Å². The van der Waals surface area contributed by atoms with Crippen LogP contribution in [0, 0.1) is 0 Å². The molecule has 0 bridgehead atoms. The largest absolute Gasteiger partial charge is 0.457 e. The average molecular weight is 462 g/mol. The maximum Gasteiger partial charge on any atom is 0.255 e. The van der Waals surface area contributed by atoms with Crippen LogP contribution in [0.1, 0.15) is 26.5 Å². The zero-order valence-electron chi connectivity index (χ0n) is 16.7. The molecule has 3 aromatic carbocycles. The Labute approximate surface area is 195 Å². The first-order chi connectivity index (χ1) is 15.5. The number of allylic oxidation sites excluding steroid dienone is 1. The van der Waals surface area contributed by atoms with E-state index in [4.69, 9.17) is 27.6 Å². The van der Waals surface area contributed by atoms with Crippen molar-refractivity contribution in [1.29, 1.82) is 0 Å². The molecule has 4 nitrogen and oxygen atoms in total. The van der Waals surface area contributed by atoms with Crippen molar-refractivity contribution in [3.63, 3.8) is 0 Å². The maximum absolute atomic E-state index is 12.5. The van der Waals surface area contributed by atoms with Gasteiger partial charge in [0.2, 0.25) is 0 Å². The number of carbonyl (C=O) groups is 2. The Morgan fingerprint density at radius 2 is 1.56 bits per heavy atom. The number of benzene rings is 3. The van der Waals surface area contributed by atoms with E-state index in [-0.39, 0.29) is 11.7 Å². The normalized spacial score (nSPS) is 10.9. The molecule has 0 aliphatic carbocycles. The summed E-state index contributed by atoms with van der Waals surface area (Å²) in [5.74, 6) is 0.668. The molecule has 6 heteroatoms. The molecule has 0 aliphatic heterocycles. The molecule has 0 spiro atoms. The van der Waals surface area contributed by atoms with Gasteiger partial charge >= 0.3 is 0 Å². The number of rotatable bonds is 6. The molecule has 0 atom stereocenters. The van der Waals surface area contributed by atoms with E-state index < -0.39 is 0 Å². The lowest BCUT2D eigenvalue weighted by atomic mass is 10.1. The van der Waals surface area contributed by atoms with Crippen LogP contribution in [-0.2, 0) is 0 Å². The first kappa shape index (κ1) is 21.6. The highest BCUT2D eigenvalue weighted by atomic mass is 35.5. The third-order valence-corrected chi connectivity index (χ3v) is 5.25.